The van der Waals surface area contributed by atoms with Gasteiger partial charge in [0.15, 0.2) is 11.6 Å². The number of phenolic OH excluding ortho intramolecular Hbond substituents is 1. The fraction of sp³-hybridized carbons (Fsp3) is 0.286. The lowest BCUT2D eigenvalue weighted by Crippen LogP contribution is -2.24. The van der Waals surface area contributed by atoms with E-state index >= 15 is 0 Å². The maximum absolute atomic E-state index is 12.4. The van der Waals surface area contributed by atoms with E-state index in [1.54, 1.807) is 6.92 Å². The van der Waals surface area contributed by atoms with Crippen LogP contribution in [0.25, 0.3) is 0 Å². The number of fused-ring (bicyclic) bond motifs is 1. The van der Waals surface area contributed by atoms with Crippen LogP contribution in [0.5, 0.6) is 5.75 Å². The first-order valence-electron chi connectivity index (χ1n) is 6.27. The molecule has 0 unspecified atom stereocenters. The molecule has 0 saturated heterocycles. The minimum Gasteiger partial charge on any atom is -0.502 e. The van der Waals surface area contributed by atoms with Gasteiger partial charge in [-0.25, -0.2) is 0 Å². The lowest BCUT2D eigenvalue weighted by molar-refractivity contribution is -0.385. The molecule has 2 rings (SSSR count). The fourth-order valence-electron chi connectivity index (χ4n) is 2.18. The van der Waals surface area contributed by atoms with Crippen LogP contribution in [-0.4, -0.2) is 34.8 Å². The number of benzene rings is 1. The van der Waals surface area contributed by atoms with Gasteiger partial charge in [0.2, 0.25) is 5.75 Å². The van der Waals surface area contributed by atoms with Crippen LogP contribution in [0.1, 0.15) is 34.6 Å². The molecule has 0 bridgehead atoms. The van der Waals surface area contributed by atoms with E-state index in [0.29, 0.717) is 6.61 Å². The smallest absolute Gasteiger partial charge is 0.311 e. The monoisotopic (exact) mass is 291 g/mol. The standard InChI is InChI=1S/C14H13NO6/c1-3-21-6-9-7(2)12(16)8-4-5-10(15(19)20)14(18)11(8)13(9)17/h4-5,18H,3,6H2,1-2H3. The number of nitro benzene ring substituents is 1. The molecule has 7 nitrogen and oxygen atoms in total. The van der Waals surface area contributed by atoms with Crippen molar-refractivity contribution in [1.82, 2.24) is 0 Å². The molecule has 0 aliphatic heterocycles. The van der Waals surface area contributed by atoms with E-state index < -0.39 is 27.9 Å². The first kappa shape index (κ1) is 14.9. The second kappa shape index (κ2) is 5.45. The number of allylic oxidation sites excluding steroid dienone is 1. The minimum atomic E-state index is -0.805. The predicted octanol–water partition coefficient (Wildman–Crippen LogP) is 2.03. The Bertz CT molecular complexity index is 689. The summed E-state index contributed by atoms with van der Waals surface area (Å²) in [6.07, 6.45) is 0. The van der Waals surface area contributed by atoms with E-state index in [1.165, 1.54) is 13.0 Å². The molecule has 0 amide bonds. The molecule has 1 aliphatic carbocycles. The van der Waals surface area contributed by atoms with Crippen molar-refractivity contribution in [3.63, 3.8) is 0 Å². The first-order chi connectivity index (χ1) is 9.90. The SMILES string of the molecule is CCOCC1=C(C)C(=O)c2ccc([N+](=O)[O-])c(O)c2C1=O. The summed E-state index contributed by atoms with van der Waals surface area (Å²) in [4.78, 5) is 34.6. The molecule has 7 heteroatoms. The first-order valence-corrected chi connectivity index (χ1v) is 6.27. The Labute approximate surface area is 120 Å². The van der Waals surface area contributed by atoms with Gasteiger partial charge >= 0.3 is 5.69 Å². The molecule has 110 valence electrons. The Balaban J connectivity index is 2.63. The summed E-state index contributed by atoms with van der Waals surface area (Å²) in [5.41, 5.74) is -0.611. The zero-order valence-electron chi connectivity index (χ0n) is 11.5. The molecule has 1 aromatic rings. The van der Waals surface area contributed by atoms with Crippen molar-refractivity contribution >= 4 is 17.3 Å². The van der Waals surface area contributed by atoms with Gasteiger partial charge in [0.1, 0.15) is 0 Å². The van der Waals surface area contributed by atoms with Crippen LogP contribution in [0.2, 0.25) is 0 Å². The average Bonchev–Trinajstić information content (AvgIpc) is 2.44. The molecule has 0 heterocycles. The van der Waals surface area contributed by atoms with E-state index in [4.69, 9.17) is 4.74 Å². The third-order valence-corrected chi connectivity index (χ3v) is 3.34. The van der Waals surface area contributed by atoms with Gasteiger partial charge in [-0.3, -0.25) is 19.7 Å². The van der Waals surface area contributed by atoms with Crippen LogP contribution in [0.4, 0.5) is 5.69 Å². The number of carbonyl (C=O) groups is 2. The number of aromatic hydroxyl groups is 1. The summed E-state index contributed by atoms with van der Waals surface area (Å²) in [5.74, 6) is -1.83. The van der Waals surface area contributed by atoms with Crippen LogP contribution >= 0.6 is 0 Å². The van der Waals surface area contributed by atoms with Gasteiger partial charge in [0, 0.05) is 29.4 Å². The van der Waals surface area contributed by atoms with E-state index in [1.807, 2.05) is 0 Å². The molecule has 21 heavy (non-hydrogen) atoms. The number of nitrogens with zero attached hydrogens (tertiary/aromatic N) is 1. The Morgan fingerprint density at radius 2 is 1.95 bits per heavy atom. The van der Waals surface area contributed by atoms with Crippen LogP contribution < -0.4 is 0 Å². The van der Waals surface area contributed by atoms with Crippen LogP contribution in [0.15, 0.2) is 23.3 Å². The van der Waals surface area contributed by atoms with Gasteiger partial charge in [0.25, 0.3) is 0 Å². The lowest BCUT2D eigenvalue weighted by Gasteiger charge is -2.19. The maximum atomic E-state index is 12.4. The number of hydrogen-bond acceptors (Lipinski definition) is 6. The summed E-state index contributed by atoms with van der Waals surface area (Å²) in [5, 5.41) is 20.8. The van der Waals surface area contributed by atoms with Gasteiger partial charge < -0.3 is 9.84 Å². The van der Waals surface area contributed by atoms with Crippen molar-refractivity contribution < 1.29 is 24.4 Å². The molecule has 1 N–H and O–H groups in total. The minimum absolute atomic E-state index is 0.0270. The fourth-order valence-corrected chi connectivity index (χ4v) is 2.18. The summed E-state index contributed by atoms with van der Waals surface area (Å²) < 4.78 is 5.15. The summed E-state index contributed by atoms with van der Waals surface area (Å²) in [6.45, 7) is 3.51. The maximum Gasteiger partial charge on any atom is 0.311 e. The number of phenols is 1. The molecule has 0 atom stereocenters. The Hall–Kier alpha value is -2.54. The van der Waals surface area contributed by atoms with Crippen molar-refractivity contribution in [3.8, 4) is 5.75 Å². The number of ketones is 2. The Morgan fingerprint density at radius 1 is 1.29 bits per heavy atom. The quantitative estimate of drug-likeness (QED) is 0.672. The highest BCUT2D eigenvalue weighted by Crippen LogP contribution is 2.37. The highest BCUT2D eigenvalue weighted by Gasteiger charge is 2.35. The average molecular weight is 291 g/mol. The second-order valence-corrected chi connectivity index (χ2v) is 4.51. The van der Waals surface area contributed by atoms with Crippen molar-refractivity contribution in [2.24, 2.45) is 0 Å². The molecule has 0 spiro atoms. The highest BCUT2D eigenvalue weighted by atomic mass is 16.6. The number of ether oxygens (including phenoxy) is 1. The zero-order valence-corrected chi connectivity index (χ0v) is 11.5. The van der Waals surface area contributed by atoms with Gasteiger partial charge in [-0.05, 0) is 19.9 Å². The van der Waals surface area contributed by atoms with E-state index in [9.17, 15) is 24.8 Å². The predicted molar refractivity (Wildman–Crippen MR) is 72.6 cm³/mol. The second-order valence-electron chi connectivity index (χ2n) is 4.51. The van der Waals surface area contributed by atoms with Crippen LogP contribution in [0, 0.1) is 10.1 Å². The molecule has 1 aromatic carbocycles. The molecular weight excluding hydrogens is 278 g/mol. The van der Waals surface area contributed by atoms with Crippen LogP contribution in [0.3, 0.4) is 0 Å². The molecule has 0 saturated carbocycles. The molecule has 0 fully saturated rings. The molecule has 0 radical (unpaired) electrons. The largest absolute Gasteiger partial charge is 0.502 e. The van der Waals surface area contributed by atoms with Crippen molar-refractivity contribution in [2.45, 2.75) is 13.8 Å². The Kier molecular flexibility index (Phi) is 3.86. The zero-order chi connectivity index (χ0) is 15.7. The summed E-state index contributed by atoms with van der Waals surface area (Å²) in [7, 11) is 0. The van der Waals surface area contributed by atoms with Gasteiger partial charge in [-0.1, -0.05) is 0 Å². The van der Waals surface area contributed by atoms with Gasteiger partial charge in [-0.15, -0.1) is 0 Å². The van der Waals surface area contributed by atoms with E-state index in [0.717, 1.165) is 6.07 Å². The van der Waals surface area contributed by atoms with Crippen molar-refractivity contribution in [2.75, 3.05) is 13.2 Å². The number of Topliss-reactive ketones (excluding diaryl/α,β-unsaturated/α-hetero) is 2. The van der Waals surface area contributed by atoms with Crippen molar-refractivity contribution in [1.29, 1.82) is 0 Å². The number of nitro groups is 1. The molecular formula is C14H13NO6. The van der Waals surface area contributed by atoms with Crippen molar-refractivity contribution in [3.05, 3.63) is 44.5 Å². The molecule has 1 aliphatic rings. The normalized spacial score (nSPS) is 14.4. The van der Waals surface area contributed by atoms with Gasteiger partial charge in [0.05, 0.1) is 17.1 Å². The lowest BCUT2D eigenvalue weighted by atomic mass is 9.84. The molecule has 0 aromatic heterocycles. The van der Waals surface area contributed by atoms with Crippen LogP contribution in [-0.2, 0) is 4.74 Å². The topological polar surface area (TPSA) is 107 Å². The highest BCUT2D eigenvalue weighted by molar-refractivity contribution is 6.28. The number of rotatable bonds is 4. The summed E-state index contributed by atoms with van der Waals surface area (Å²) >= 11 is 0. The third kappa shape index (κ3) is 2.31. The van der Waals surface area contributed by atoms with Gasteiger partial charge in [-0.2, -0.15) is 0 Å². The summed E-state index contributed by atoms with van der Waals surface area (Å²) in [6, 6.07) is 2.20. The Morgan fingerprint density at radius 3 is 2.52 bits per heavy atom. The number of carbonyl (C=O) groups excluding carboxylic acids is 2. The number of hydrogen-bond donors (Lipinski definition) is 1. The van der Waals surface area contributed by atoms with E-state index in [2.05, 4.69) is 0 Å². The third-order valence-electron chi connectivity index (χ3n) is 3.34. The van der Waals surface area contributed by atoms with E-state index in [-0.39, 0.29) is 28.9 Å².